The van der Waals surface area contributed by atoms with Gasteiger partial charge in [0.15, 0.2) is 0 Å². The number of amides is 2. The van der Waals surface area contributed by atoms with Crippen molar-refractivity contribution < 1.29 is 9.59 Å². The van der Waals surface area contributed by atoms with E-state index in [9.17, 15) is 9.59 Å². The first-order valence-corrected chi connectivity index (χ1v) is 10.9. The molecule has 0 bridgehead atoms. The predicted octanol–water partition coefficient (Wildman–Crippen LogP) is 3.73. The van der Waals surface area contributed by atoms with Gasteiger partial charge in [-0.05, 0) is 37.6 Å². The Hall–Kier alpha value is -2.77. The highest BCUT2D eigenvalue weighted by atomic mass is 35.5. The van der Waals surface area contributed by atoms with Gasteiger partial charge in [-0.3, -0.25) is 9.59 Å². The normalized spacial score (nSPS) is 15.6. The minimum absolute atomic E-state index is 0.127. The molecule has 2 amide bonds. The Morgan fingerprint density at radius 3 is 2.68 bits per heavy atom. The SMILES string of the molecule is CC(NC(=O)c1cccc(Cl)c1Cl)C(=O)N1CCCN(c2nc3ccccc3[nH]2)CC1. The van der Waals surface area contributed by atoms with E-state index in [0.29, 0.717) is 24.7 Å². The van der Waals surface area contributed by atoms with Gasteiger partial charge in [0.25, 0.3) is 5.91 Å². The second-order valence-electron chi connectivity index (χ2n) is 7.54. The molecule has 1 atom stereocenters. The number of rotatable bonds is 4. The molecule has 4 rings (SSSR count). The predicted molar refractivity (Wildman–Crippen MR) is 123 cm³/mol. The Morgan fingerprint density at radius 1 is 1.06 bits per heavy atom. The Balaban J connectivity index is 1.38. The molecule has 1 unspecified atom stereocenters. The number of hydrogen-bond donors (Lipinski definition) is 2. The molecule has 0 aliphatic carbocycles. The van der Waals surface area contributed by atoms with Gasteiger partial charge in [-0.15, -0.1) is 0 Å². The van der Waals surface area contributed by atoms with E-state index in [1.54, 1.807) is 30.0 Å². The molecule has 0 spiro atoms. The van der Waals surface area contributed by atoms with Crippen LogP contribution in [0.3, 0.4) is 0 Å². The van der Waals surface area contributed by atoms with Gasteiger partial charge in [0.1, 0.15) is 6.04 Å². The van der Waals surface area contributed by atoms with Crippen LogP contribution in [-0.4, -0.2) is 58.9 Å². The lowest BCUT2D eigenvalue weighted by atomic mass is 10.2. The number of hydrogen-bond acceptors (Lipinski definition) is 4. The third kappa shape index (κ3) is 4.62. The van der Waals surface area contributed by atoms with Crippen molar-refractivity contribution in [1.82, 2.24) is 20.2 Å². The molecule has 1 aromatic heterocycles. The summed E-state index contributed by atoms with van der Waals surface area (Å²) in [4.78, 5) is 37.5. The molecule has 1 aliphatic heterocycles. The highest BCUT2D eigenvalue weighted by molar-refractivity contribution is 6.43. The Labute approximate surface area is 190 Å². The number of fused-ring (bicyclic) bond motifs is 1. The molecular formula is C22H23Cl2N5O2. The van der Waals surface area contributed by atoms with E-state index < -0.39 is 11.9 Å². The highest BCUT2D eigenvalue weighted by Crippen LogP contribution is 2.25. The maximum Gasteiger partial charge on any atom is 0.253 e. The summed E-state index contributed by atoms with van der Waals surface area (Å²) in [5.41, 5.74) is 2.16. The minimum atomic E-state index is -0.680. The summed E-state index contributed by atoms with van der Waals surface area (Å²) < 4.78 is 0. The van der Waals surface area contributed by atoms with Gasteiger partial charge >= 0.3 is 0 Å². The summed E-state index contributed by atoms with van der Waals surface area (Å²) in [6.07, 6.45) is 0.809. The molecule has 1 saturated heterocycles. The fourth-order valence-electron chi connectivity index (χ4n) is 3.73. The number of anilines is 1. The van der Waals surface area contributed by atoms with Crippen molar-refractivity contribution >= 4 is 52.0 Å². The van der Waals surface area contributed by atoms with E-state index in [1.807, 2.05) is 24.3 Å². The molecule has 3 aromatic rings. The van der Waals surface area contributed by atoms with Gasteiger partial charge in [0.05, 0.1) is 26.6 Å². The zero-order chi connectivity index (χ0) is 22.0. The minimum Gasteiger partial charge on any atom is -0.341 e. The monoisotopic (exact) mass is 459 g/mol. The summed E-state index contributed by atoms with van der Waals surface area (Å²) in [5.74, 6) is 0.262. The van der Waals surface area contributed by atoms with Crippen molar-refractivity contribution in [2.75, 3.05) is 31.1 Å². The maximum absolute atomic E-state index is 13.0. The summed E-state index contributed by atoms with van der Waals surface area (Å²) in [7, 11) is 0. The number of nitrogens with zero attached hydrogens (tertiary/aromatic N) is 3. The first-order chi connectivity index (χ1) is 14.9. The fraction of sp³-hybridized carbons (Fsp3) is 0.318. The smallest absolute Gasteiger partial charge is 0.253 e. The molecule has 1 fully saturated rings. The molecule has 31 heavy (non-hydrogen) atoms. The zero-order valence-corrected chi connectivity index (χ0v) is 18.6. The van der Waals surface area contributed by atoms with Gasteiger partial charge in [-0.1, -0.05) is 41.4 Å². The molecule has 2 aromatic carbocycles. The number of para-hydroxylation sites is 2. The van der Waals surface area contributed by atoms with Crippen molar-refractivity contribution in [3.63, 3.8) is 0 Å². The average molecular weight is 460 g/mol. The van der Waals surface area contributed by atoms with Gasteiger partial charge in [0, 0.05) is 26.2 Å². The van der Waals surface area contributed by atoms with Crippen LogP contribution in [0.5, 0.6) is 0 Å². The van der Waals surface area contributed by atoms with Gasteiger partial charge in [0.2, 0.25) is 11.9 Å². The maximum atomic E-state index is 13.0. The van der Waals surface area contributed by atoms with E-state index in [4.69, 9.17) is 23.2 Å². The van der Waals surface area contributed by atoms with Gasteiger partial charge in [-0.2, -0.15) is 0 Å². The van der Waals surface area contributed by atoms with E-state index in [-0.39, 0.29) is 16.5 Å². The lowest BCUT2D eigenvalue weighted by Gasteiger charge is -2.25. The van der Waals surface area contributed by atoms with Crippen molar-refractivity contribution in [3.05, 3.63) is 58.1 Å². The molecule has 2 N–H and O–H groups in total. The molecule has 7 nitrogen and oxygen atoms in total. The number of H-pyrrole nitrogens is 1. The first-order valence-electron chi connectivity index (χ1n) is 10.2. The number of halogens is 2. The van der Waals surface area contributed by atoms with Crippen molar-refractivity contribution in [3.8, 4) is 0 Å². The van der Waals surface area contributed by atoms with E-state index in [0.717, 1.165) is 29.9 Å². The number of carbonyl (C=O) groups excluding carboxylic acids is 2. The third-order valence-electron chi connectivity index (χ3n) is 5.40. The number of aromatic nitrogens is 2. The molecule has 162 valence electrons. The lowest BCUT2D eigenvalue weighted by Crippen LogP contribution is -2.48. The summed E-state index contributed by atoms with van der Waals surface area (Å²) >= 11 is 12.1. The fourth-order valence-corrected chi connectivity index (χ4v) is 4.11. The summed E-state index contributed by atoms with van der Waals surface area (Å²) in [5, 5.41) is 3.21. The number of carbonyl (C=O) groups is 2. The van der Waals surface area contributed by atoms with Crippen LogP contribution in [0.25, 0.3) is 11.0 Å². The van der Waals surface area contributed by atoms with E-state index >= 15 is 0 Å². The quantitative estimate of drug-likeness (QED) is 0.622. The van der Waals surface area contributed by atoms with Crippen LogP contribution in [-0.2, 0) is 4.79 Å². The number of aromatic amines is 1. The van der Waals surface area contributed by atoms with Crippen LogP contribution in [0, 0.1) is 0 Å². The van der Waals surface area contributed by atoms with Crippen LogP contribution in [0.1, 0.15) is 23.7 Å². The van der Waals surface area contributed by atoms with E-state index in [2.05, 4.69) is 20.2 Å². The van der Waals surface area contributed by atoms with Crippen molar-refractivity contribution in [1.29, 1.82) is 0 Å². The molecule has 2 heterocycles. The van der Waals surface area contributed by atoms with Crippen molar-refractivity contribution in [2.24, 2.45) is 0 Å². The van der Waals surface area contributed by atoms with Crippen LogP contribution < -0.4 is 10.2 Å². The molecule has 0 radical (unpaired) electrons. The average Bonchev–Trinajstić information content (AvgIpc) is 3.04. The Morgan fingerprint density at radius 2 is 1.87 bits per heavy atom. The lowest BCUT2D eigenvalue weighted by molar-refractivity contribution is -0.132. The first kappa shape index (κ1) is 21.5. The number of nitrogens with one attached hydrogen (secondary N) is 2. The van der Waals surface area contributed by atoms with Crippen LogP contribution in [0.4, 0.5) is 5.95 Å². The second-order valence-corrected chi connectivity index (χ2v) is 8.33. The summed E-state index contributed by atoms with van der Waals surface area (Å²) in [6, 6.07) is 12.1. The second kappa shape index (κ2) is 9.16. The summed E-state index contributed by atoms with van der Waals surface area (Å²) in [6.45, 7) is 4.30. The largest absolute Gasteiger partial charge is 0.341 e. The Bertz CT molecular complexity index is 1080. The van der Waals surface area contributed by atoms with E-state index in [1.165, 1.54) is 0 Å². The standard InChI is InChI=1S/C22H23Cl2N5O2/c1-14(25-20(30)15-6-4-7-16(23)19(15)24)21(31)28-10-5-11-29(13-12-28)22-26-17-8-2-3-9-18(17)27-22/h2-4,6-9,14H,5,10-13H2,1H3,(H,25,30)(H,26,27). The highest BCUT2D eigenvalue weighted by Gasteiger charge is 2.26. The van der Waals surface area contributed by atoms with Crippen molar-refractivity contribution in [2.45, 2.75) is 19.4 Å². The number of benzene rings is 2. The zero-order valence-electron chi connectivity index (χ0n) is 17.1. The van der Waals surface area contributed by atoms with Crippen LogP contribution in [0.15, 0.2) is 42.5 Å². The van der Waals surface area contributed by atoms with Crippen LogP contribution >= 0.6 is 23.2 Å². The molecular weight excluding hydrogens is 437 g/mol. The van der Waals surface area contributed by atoms with Gasteiger partial charge < -0.3 is 20.1 Å². The van der Waals surface area contributed by atoms with Gasteiger partial charge in [-0.25, -0.2) is 4.98 Å². The topological polar surface area (TPSA) is 81.3 Å². The third-order valence-corrected chi connectivity index (χ3v) is 6.22. The molecule has 1 aliphatic rings. The number of imidazole rings is 1. The van der Waals surface area contributed by atoms with Crippen LogP contribution in [0.2, 0.25) is 10.0 Å². The molecule has 0 saturated carbocycles. The molecule has 9 heteroatoms. The Kier molecular flexibility index (Phi) is 6.34.